The van der Waals surface area contributed by atoms with E-state index >= 15 is 0 Å². The fourth-order valence-corrected chi connectivity index (χ4v) is 6.16. The first-order chi connectivity index (χ1) is 10.6. The lowest BCUT2D eigenvalue weighted by Crippen LogP contribution is -2.55. The van der Waals surface area contributed by atoms with E-state index in [2.05, 4.69) is 34.6 Å². The number of hydrogen-bond donors (Lipinski definition) is 0. The Labute approximate surface area is 142 Å². The molecule has 0 spiro atoms. The van der Waals surface area contributed by atoms with E-state index in [0.29, 0.717) is 17.5 Å². The van der Waals surface area contributed by atoms with Crippen molar-refractivity contribution >= 4 is 11.6 Å². The van der Waals surface area contributed by atoms with Crippen molar-refractivity contribution in [3.63, 3.8) is 0 Å². The molecule has 0 aromatic carbocycles. The van der Waals surface area contributed by atoms with Gasteiger partial charge in [0.1, 0.15) is 11.6 Å². The standard InChI is InChI=1S/C21H36O2/c1-8-17-18-16(14(3)22)10-11-21(18,15(4)23)13-12-20(17,7)19(5,6)9-2/h16-18H,8-13H2,1-7H3. The third kappa shape index (κ3) is 2.51. The fourth-order valence-electron chi connectivity index (χ4n) is 6.16. The lowest BCUT2D eigenvalue weighted by atomic mass is 9.44. The maximum absolute atomic E-state index is 12.7. The second-order valence-electron chi connectivity index (χ2n) is 9.16. The molecule has 0 N–H and O–H groups in total. The van der Waals surface area contributed by atoms with Gasteiger partial charge in [-0.05, 0) is 62.2 Å². The molecule has 0 heterocycles. The number of hydrogen-bond acceptors (Lipinski definition) is 2. The second kappa shape index (κ2) is 6.01. The summed E-state index contributed by atoms with van der Waals surface area (Å²) in [6, 6.07) is 0. The molecule has 2 rings (SSSR count). The normalized spacial score (nSPS) is 40.7. The molecule has 5 atom stereocenters. The van der Waals surface area contributed by atoms with E-state index in [0.717, 1.165) is 38.5 Å². The van der Waals surface area contributed by atoms with Gasteiger partial charge in [-0.3, -0.25) is 9.59 Å². The molecular formula is C21H36O2. The Morgan fingerprint density at radius 3 is 2.13 bits per heavy atom. The van der Waals surface area contributed by atoms with Crippen molar-refractivity contribution in [1.29, 1.82) is 0 Å². The molecule has 0 amide bonds. The van der Waals surface area contributed by atoms with Crippen LogP contribution < -0.4 is 0 Å². The van der Waals surface area contributed by atoms with Crippen molar-refractivity contribution in [2.24, 2.45) is 34.0 Å². The molecule has 2 nitrogen and oxygen atoms in total. The zero-order valence-electron chi connectivity index (χ0n) is 16.3. The summed E-state index contributed by atoms with van der Waals surface area (Å²) in [5, 5.41) is 0. The van der Waals surface area contributed by atoms with Gasteiger partial charge in [-0.15, -0.1) is 0 Å². The van der Waals surface area contributed by atoms with E-state index in [-0.39, 0.29) is 28.1 Å². The van der Waals surface area contributed by atoms with Crippen LogP contribution in [0.15, 0.2) is 0 Å². The molecule has 2 aliphatic rings. The highest BCUT2D eigenvalue weighted by Gasteiger charge is 2.63. The Morgan fingerprint density at radius 1 is 1.09 bits per heavy atom. The molecule has 2 fully saturated rings. The summed E-state index contributed by atoms with van der Waals surface area (Å²) in [7, 11) is 0. The summed E-state index contributed by atoms with van der Waals surface area (Å²) in [6.45, 7) is 15.3. The van der Waals surface area contributed by atoms with Gasteiger partial charge in [-0.1, -0.05) is 47.5 Å². The summed E-state index contributed by atoms with van der Waals surface area (Å²) in [6.07, 6.45) is 6.16. The average molecular weight is 321 g/mol. The summed E-state index contributed by atoms with van der Waals surface area (Å²) in [5.41, 5.74) is 0.221. The van der Waals surface area contributed by atoms with E-state index in [1.165, 1.54) is 0 Å². The van der Waals surface area contributed by atoms with Crippen LogP contribution in [-0.4, -0.2) is 11.6 Å². The first-order valence-electron chi connectivity index (χ1n) is 9.59. The number of rotatable bonds is 5. The van der Waals surface area contributed by atoms with Crippen LogP contribution in [0.4, 0.5) is 0 Å². The highest BCUT2D eigenvalue weighted by molar-refractivity contribution is 5.86. The minimum absolute atomic E-state index is 0.0936. The number of ketones is 2. The van der Waals surface area contributed by atoms with Crippen LogP contribution in [0.5, 0.6) is 0 Å². The minimum atomic E-state index is -0.222. The maximum atomic E-state index is 12.7. The van der Waals surface area contributed by atoms with Crippen LogP contribution in [0.1, 0.15) is 87.0 Å². The van der Waals surface area contributed by atoms with Gasteiger partial charge in [0.25, 0.3) is 0 Å². The van der Waals surface area contributed by atoms with Crippen molar-refractivity contribution < 1.29 is 9.59 Å². The Morgan fingerprint density at radius 2 is 1.70 bits per heavy atom. The maximum Gasteiger partial charge on any atom is 0.136 e. The minimum Gasteiger partial charge on any atom is -0.300 e. The first kappa shape index (κ1) is 18.7. The van der Waals surface area contributed by atoms with Gasteiger partial charge in [0, 0.05) is 11.3 Å². The lowest BCUT2D eigenvalue weighted by Gasteiger charge is -2.59. The highest BCUT2D eigenvalue weighted by atomic mass is 16.1. The van der Waals surface area contributed by atoms with Gasteiger partial charge in [0.15, 0.2) is 0 Å². The third-order valence-corrected chi connectivity index (χ3v) is 8.41. The van der Waals surface area contributed by atoms with Crippen LogP contribution in [0.25, 0.3) is 0 Å². The predicted molar refractivity (Wildman–Crippen MR) is 95.2 cm³/mol. The first-order valence-corrected chi connectivity index (χ1v) is 9.59. The van der Waals surface area contributed by atoms with Crippen LogP contribution >= 0.6 is 0 Å². The van der Waals surface area contributed by atoms with Gasteiger partial charge in [0.2, 0.25) is 0 Å². The molecule has 2 aliphatic carbocycles. The molecule has 0 radical (unpaired) electrons. The zero-order valence-corrected chi connectivity index (χ0v) is 16.3. The van der Waals surface area contributed by atoms with E-state index in [9.17, 15) is 9.59 Å². The SMILES string of the molecule is CCC1C2C(C(C)=O)CCC2(C(C)=O)CCC1(C)C(C)(C)CC. The highest BCUT2D eigenvalue weighted by Crippen LogP contribution is 2.67. The van der Waals surface area contributed by atoms with Crippen LogP contribution in [-0.2, 0) is 9.59 Å². The monoisotopic (exact) mass is 320 g/mol. The van der Waals surface area contributed by atoms with Crippen molar-refractivity contribution in [2.45, 2.75) is 87.0 Å². The quantitative estimate of drug-likeness (QED) is 0.676. The summed E-state index contributed by atoms with van der Waals surface area (Å²) >= 11 is 0. The molecular weight excluding hydrogens is 284 g/mol. The van der Waals surface area contributed by atoms with E-state index < -0.39 is 0 Å². The number of fused-ring (bicyclic) bond motifs is 1. The molecule has 23 heavy (non-hydrogen) atoms. The third-order valence-electron chi connectivity index (χ3n) is 8.41. The largest absolute Gasteiger partial charge is 0.300 e. The number of carbonyl (C=O) groups excluding carboxylic acids is 2. The molecule has 0 saturated heterocycles. The van der Waals surface area contributed by atoms with Crippen LogP contribution in [0.2, 0.25) is 0 Å². The van der Waals surface area contributed by atoms with E-state index in [1.807, 2.05) is 0 Å². The van der Waals surface area contributed by atoms with Gasteiger partial charge in [-0.2, -0.15) is 0 Å². The van der Waals surface area contributed by atoms with Crippen molar-refractivity contribution in [2.75, 3.05) is 0 Å². The molecule has 0 aliphatic heterocycles. The Hall–Kier alpha value is -0.660. The molecule has 132 valence electrons. The summed E-state index contributed by atoms with van der Waals surface area (Å²) in [4.78, 5) is 25.0. The fraction of sp³-hybridized carbons (Fsp3) is 0.905. The molecule has 0 bridgehead atoms. The molecule has 0 aromatic rings. The molecule has 2 saturated carbocycles. The predicted octanol–water partition coefficient (Wildman–Crippen LogP) is 5.44. The average Bonchev–Trinajstić information content (AvgIpc) is 2.88. The van der Waals surface area contributed by atoms with Gasteiger partial charge < -0.3 is 0 Å². The molecule has 5 unspecified atom stereocenters. The Bertz CT molecular complexity index is 492. The van der Waals surface area contributed by atoms with E-state index in [4.69, 9.17) is 0 Å². The van der Waals surface area contributed by atoms with Gasteiger partial charge >= 0.3 is 0 Å². The zero-order chi connectivity index (χ0) is 17.6. The lowest BCUT2D eigenvalue weighted by molar-refractivity contribution is -0.151. The van der Waals surface area contributed by atoms with E-state index in [1.54, 1.807) is 13.8 Å². The second-order valence-corrected chi connectivity index (χ2v) is 9.16. The topological polar surface area (TPSA) is 34.1 Å². The van der Waals surface area contributed by atoms with Crippen molar-refractivity contribution in [1.82, 2.24) is 0 Å². The Kier molecular flexibility index (Phi) is 4.88. The van der Waals surface area contributed by atoms with Gasteiger partial charge in [-0.25, -0.2) is 0 Å². The smallest absolute Gasteiger partial charge is 0.136 e. The molecule has 2 heteroatoms. The number of Topliss-reactive ketones (excluding diaryl/α,β-unsaturated/α-hetero) is 2. The van der Waals surface area contributed by atoms with Crippen LogP contribution in [0, 0.1) is 34.0 Å². The number of carbonyl (C=O) groups is 2. The molecule has 0 aromatic heterocycles. The Balaban J connectivity index is 2.56. The van der Waals surface area contributed by atoms with Crippen molar-refractivity contribution in [3.05, 3.63) is 0 Å². The van der Waals surface area contributed by atoms with Crippen molar-refractivity contribution in [3.8, 4) is 0 Å². The summed E-state index contributed by atoms with van der Waals surface area (Å²) in [5.74, 6) is 1.45. The summed E-state index contributed by atoms with van der Waals surface area (Å²) < 4.78 is 0. The van der Waals surface area contributed by atoms with Crippen LogP contribution in [0.3, 0.4) is 0 Å². The van der Waals surface area contributed by atoms with Gasteiger partial charge in [0.05, 0.1) is 0 Å².